The van der Waals surface area contributed by atoms with Crippen molar-refractivity contribution in [2.24, 2.45) is 0 Å². The van der Waals surface area contributed by atoms with Crippen LogP contribution in [0.4, 0.5) is 0 Å². The van der Waals surface area contributed by atoms with Crippen molar-refractivity contribution in [1.29, 1.82) is 0 Å². The number of carbonyl (C=O) groups is 1. The first-order valence-corrected chi connectivity index (χ1v) is 10.2. The molecule has 5 heteroatoms. The van der Waals surface area contributed by atoms with Gasteiger partial charge in [-0.1, -0.05) is 20.8 Å². The van der Waals surface area contributed by atoms with Crippen LogP contribution in [-0.2, 0) is 9.53 Å². The van der Waals surface area contributed by atoms with Crippen LogP contribution >= 0.6 is 0 Å². The minimum absolute atomic E-state index is 0.0953. The summed E-state index contributed by atoms with van der Waals surface area (Å²) in [6.07, 6.45) is 1.75. The molecule has 0 radical (unpaired) electrons. The molecule has 1 rings (SSSR count). The van der Waals surface area contributed by atoms with Gasteiger partial charge in [-0.2, -0.15) is 0 Å². The Morgan fingerprint density at radius 2 is 1.79 bits per heavy atom. The van der Waals surface area contributed by atoms with Gasteiger partial charge < -0.3 is 9.30 Å². The van der Waals surface area contributed by atoms with Crippen molar-refractivity contribution in [2.75, 3.05) is 33.4 Å². The van der Waals surface area contributed by atoms with E-state index in [-0.39, 0.29) is 5.97 Å². The summed E-state index contributed by atoms with van der Waals surface area (Å²) in [5.41, 5.74) is 0. The predicted octanol–water partition coefficient (Wildman–Crippen LogP) is 2.52. The minimum Gasteiger partial charge on any atom is -0.469 e. The van der Waals surface area contributed by atoms with Crippen LogP contribution in [0.5, 0.6) is 0 Å². The van der Waals surface area contributed by atoms with Crippen molar-refractivity contribution >= 4 is 14.2 Å². The number of hydrogen-bond donors (Lipinski definition) is 0. The number of carbonyl (C=O) groups excluding carboxylic acids is 1. The van der Waals surface area contributed by atoms with E-state index in [4.69, 9.17) is 4.74 Å². The third-order valence-electron chi connectivity index (χ3n) is 4.78. The zero-order valence-electron chi connectivity index (χ0n) is 13.1. The predicted molar refractivity (Wildman–Crippen MR) is 81.6 cm³/mol. The first-order chi connectivity index (χ1) is 9.11. The van der Waals surface area contributed by atoms with Gasteiger partial charge in [0.25, 0.3) is 0 Å². The Labute approximate surface area is 119 Å². The highest BCUT2D eigenvalue weighted by molar-refractivity contribution is 6.77. The summed E-state index contributed by atoms with van der Waals surface area (Å²) >= 11 is 0. The average Bonchev–Trinajstić information content (AvgIpc) is 2.47. The summed E-state index contributed by atoms with van der Waals surface area (Å²) in [6.45, 7) is 11.3. The number of ether oxygens (including phenoxy) is 1. The quantitative estimate of drug-likeness (QED) is 0.532. The number of hydrogen-bond acceptors (Lipinski definition) is 4. The molecule has 1 aliphatic rings. The molecule has 0 aliphatic carbocycles. The van der Waals surface area contributed by atoms with E-state index < -0.39 is 8.24 Å². The van der Waals surface area contributed by atoms with Gasteiger partial charge in [0.05, 0.1) is 13.5 Å². The first-order valence-electron chi connectivity index (χ1n) is 7.66. The van der Waals surface area contributed by atoms with Crippen molar-refractivity contribution in [2.45, 2.75) is 51.7 Å². The first kappa shape index (κ1) is 16.7. The normalized spacial score (nSPS) is 18.5. The van der Waals surface area contributed by atoms with E-state index >= 15 is 0 Å². The topological polar surface area (TPSA) is 32.8 Å². The van der Waals surface area contributed by atoms with Gasteiger partial charge in [0.2, 0.25) is 0 Å². The zero-order chi connectivity index (χ0) is 14.3. The van der Waals surface area contributed by atoms with Gasteiger partial charge in [-0.15, -0.1) is 0 Å². The van der Waals surface area contributed by atoms with E-state index in [1.807, 2.05) is 0 Å². The van der Waals surface area contributed by atoms with E-state index in [9.17, 15) is 4.79 Å². The Bertz CT molecular complexity index is 274. The van der Waals surface area contributed by atoms with Gasteiger partial charge in [0.1, 0.15) is 8.24 Å². The maximum absolute atomic E-state index is 11.2. The highest BCUT2D eigenvalue weighted by Gasteiger charge is 2.36. The second kappa shape index (κ2) is 8.02. The fraction of sp³-hybridized carbons (Fsp3) is 0.929. The Balaban J connectivity index is 2.55. The lowest BCUT2D eigenvalue weighted by molar-refractivity contribution is -0.141. The SMILES string of the molecule is CC[Si](CC)(CC)N1CCCN(CCC(=O)OC)C1. The minimum atomic E-state index is -1.25. The van der Waals surface area contributed by atoms with E-state index in [0.717, 1.165) is 19.8 Å². The summed E-state index contributed by atoms with van der Waals surface area (Å²) in [7, 11) is 0.219. The summed E-state index contributed by atoms with van der Waals surface area (Å²) in [5.74, 6) is -0.0953. The fourth-order valence-corrected chi connectivity index (χ4v) is 7.18. The van der Waals surface area contributed by atoms with Crippen molar-refractivity contribution < 1.29 is 9.53 Å². The molecule has 0 amide bonds. The molecule has 0 aromatic rings. The molecule has 0 spiro atoms. The number of methoxy groups -OCH3 is 1. The molecule has 0 aromatic carbocycles. The maximum atomic E-state index is 11.2. The van der Waals surface area contributed by atoms with Gasteiger partial charge in [0, 0.05) is 19.8 Å². The van der Waals surface area contributed by atoms with Crippen LogP contribution in [0, 0.1) is 0 Å². The lowest BCUT2D eigenvalue weighted by atomic mass is 10.3. The Morgan fingerprint density at radius 3 is 2.32 bits per heavy atom. The fourth-order valence-electron chi connectivity index (χ4n) is 3.21. The number of nitrogens with zero attached hydrogens (tertiary/aromatic N) is 2. The molecule has 0 bridgehead atoms. The van der Waals surface area contributed by atoms with E-state index in [1.54, 1.807) is 0 Å². The van der Waals surface area contributed by atoms with Crippen LogP contribution in [0.2, 0.25) is 18.1 Å². The molecule has 1 fully saturated rings. The Hall–Kier alpha value is -0.393. The van der Waals surface area contributed by atoms with E-state index in [2.05, 4.69) is 30.2 Å². The van der Waals surface area contributed by atoms with Crippen LogP contribution in [0.1, 0.15) is 33.6 Å². The maximum Gasteiger partial charge on any atom is 0.306 e. The van der Waals surface area contributed by atoms with Gasteiger partial charge >= 0.3 is 5.97 Å². The summed E-state index contributed by atoms with van der Waals surface area (Å²) in [6, 6.07) is 4.01. The standard InChI is InChI=1S/C14H30N2O2Si/c1-5-19(6-2,7-3)16-11-8-10-15(13-16)12-9-14(17)18-4/h5-13H2,1-4H3. The van der Waals surface area contributed by atoms with Crippen molar-refractivity contribution in [3.05, 3.63) is 0 Å². The van der Waals surface area contributed by atoms with Crippen LogP contribution < -0.4 is 0 Å². The lowest BCUT2D eigenvalue weighted by Crippen LogP contribution is -2.59. The van der Waals surface area contributed by atoms with Gasteiger partial charge in [-0.3, -0.25) is 9.69 Å². The van der Waals surface area contributed by atoms with Gasteiger partial charge in [-0.25, -0.2) is 0 Å². The van der Waals surface area contributed by atoms with E-state index in [1.165, 1.54) is 38.2 Å². The Kier molecular flexibility index (Phi) is 7.03. The molecular weight excluding hydrogens is 256 g/mol. The Morgan fingerprint density at radius 1 is 1.16 bits per heavy atom. The highest BCUT2D eigenvalue weighted by Crippen LogP contribution is 2.27. The molecule has 4 nitrogen and oxygen atoms in total. The molecule has 0 N–H and O–H groups in total. The van der Waals surface area contributed by atoms with Crippen molar-refractivity contribution in [3.8, 4) is 0 Å². The summed E-state index contributed by atoms with van der Waals surface area (Å²) in [4.78, 5) is 13.7. The third kappa shape index (κ3) is 4.29. The number of esters is 1. The highest BCUT2D eigenvalue weighted by atomic mass is 28.3. The third-order valence-corrected chi connectivity index (χ3v) is 10.4. The van der Waals surface area contributed by atoms with Crippen molar-refractivity contribution in [1.82, 2.24) is 9.47 Å². The van der Waals surface area contributed by atoms with Crippen LogP contribution in [0.15, 0.2) is 0 Å². The second-order valence-electron chi connectivity index (χ2n) is 5.49. The summed E-state index contributed by atoms with van der Waals surface area (Å²) < 4.78 is 7.49. The molecule has 112 valence electrons. The van der Waals surface area contributed by atoms with Crippen LogP contribution in [0.3, 0.4) is 0 Å². The lowest BCUT2D eigenvalue weighted by Gasteiger charge is -2.46. The second-order valence-corrected chi connectivity index (χ2v) is 10.7. The summed E-state index contributed by atoms with van der Waals surface area (Å²) in [5, 5.41) is 0. The molecule has 0 saturated carbocycles. The molecule has 1 aliphatic heterocycles. The van der Waals surface area contributed by atoms with Crippen LogP contribution in [0.25, 0.3) is 0 Å². The van der Waals surface area contributed by atoms with Gasteiger partial charge in [0.15, 0.2) is 0 Å². The van der Waals surface area contributed by atoms with Crippen molar-refractivity contribution in [3.63, 3.8) is 0 Å². The smallest absolute Gasteiger partial charge is 0.306 e. The monoisotopic (exact) mass is 286 g/mol. The largest absolute Gasteiger partial charge is 0.469 e. The molecule has 0 aromatic heterocycles. The van der Waals surface area contributed by atoms with Crippen LogP contribution in [-0.4, -0.2) is 57.1 Å². The molecule has 19 heavy (non-hydrogen) atoms. The van der Waals surface area contributed by atoms with Gasteiger partial charge in [-0.05, 0) is 31.1 Å². The molecule has 1 saturated heterocycles. The average molecular weight is 286 g/mol. The van der Waals surface area contributed by atoms with E-state index in [0.29, 0.717) is 6.42 Å². The number of rotatable bonds is 7. The molecule has 1 heterocycles. The zero-order valence-corrected chi connectivity index (χ0v) is 14.1. The molecule has 0 atom stereocenters. The molecular formula is C14H30N2O2Si. The molecule has 0 unspecified atom stereocenters.